The Kier molecular flexibility index (Phi) is 2.52. The summed E-state index contributed by atoms with van der Waals surface area (Å²) in [4.78, 5) is 0. The Hall–Kier alpha value is -1.30. The summed E-state index contributed by atoms with van der Waals surface area (Å²) in [7, 11) is 0. The van der Waals surface area contributed by atoms with E-state index in [-0.39, 0.29) is 0 Å². The van der Waals surface area contributed by atoms with Gasteiger partial charge in [0.2, 0.25) is 0 Å². The minimum absolute atomic E-state index is 0.490. The molecule has 1 aromatic carbocycles. The molecule has 0 spiro atoms. The van der Waals surface area contributed by atoms with E-state index in [1.807, 2.05) is 0 Å². The summed E-state index contributed by atoms with van der Waals surface area (Å²) in [5.74, 6) is 0.490. The Morgan fingerprint density at radius 3 is 2.13 bits per heavy atom. The van der Waals surface area contributed by atoms with Crippen LogP contribution in [-0.2, 0) is 0 Å². The topological polar surface area (TPSA) is 0 Å². The summed E-state index contributed by atoms with van der Waals surface area (Å²) < 4.78 is 0. The van der Waals surface area contributed by atoms with E-state index in [4.69, 9.17) is 0 Å². The number of allylic oxidation sites excluding steroid dienone is 4. The molecule has 1 atom stereocenters. The van der Waals surface area contributed by atoms with Gasteiger partial charge in [-0.15, -0.1) is 0 Å². The normalized spacial score (nSPS) is 19.5. The van der Waals surface area contributed by atoms with Crippen LogP contribution in [0.3, 0.4) is 0 Å². The van der Waals surface area contributed by atoms with Crippen molar-refractivity contribution in [2.45, 2.75) is 33.6 Å². The Bertz CT molecular complexity index is 447. The van der Waals surface area contributed by atoms with Crippen LogP contribution in [0.5, 0.6) is 0 Å². The minimum Gasteiger partial charge on any atom is -0.0730 e. The molecule has 1 aliphatic carbocycles. The average Bonchev–Trinajstić information content (AvgIpc) is 2.58. The van der Waals surface area contributed by atoms with Crippen molar-refractivity contribution >= 4 is 0 Å². The van der Waals surface area contributed by atoms with Crippen LogP contribution < -0.4 is 0 Å². The number of aryl methyl sites for hydroxylation is 3. The molecule has 0 nitrogen and oxygen atoms in total. The number of rotatable bonds is 1. The van der Waals surface area contributed by atoms with Gasteiger partial charge in [-0.05, 0) is 49.9 Å². The lowest BCUT2D eigenvalue weighted by atomic mass is 9.92. The quantitative estimate of drug-likeness (QED) is 0.634. The molecule has 0 bridgehead atoms. The summed E-state index contributed by atoms with van der Waals surface area (Å²) in [5.41, 5.74) is 7.00. The van der Waals surface area contributed by atoms with Gasteiger partial charge in [0.15, 0.2) is 0 Å². The molecule has 1 unspecified atom stereocenters. The van der Waals surface area contributed by atoms with E-state index in [9.17, 15) is 0 Å². The van der Waals surface area contributed by atoms with Gasteiger partial charge in [0.25, 0.3) is 0 Å². The van der Waals surface area contributed by atoms with Gasteiger partial charge >= 0.3 is 0 Å². The zero-order valence-corrected chi connectivity index (χ0v) is 9.96. The third kappa shape index (κ3) is 1.90. The summed E-state index contributed by atoms with van der Waals surface area (Å²) >= 11 is 0. The largest absolute Gasteiger partial charge is 0.0730 e. The van der Waals surface area contributed by atoms with Gasteiger partial charge in [0.05, 0.1) is 0 Å². The molecular weight excluding hydrogens is 180 g/mol. The molecule has 1 aliphatic rings. The molecule has 0 saturated carbocycles. The molecule has 78 valence electrons. The molecule has 0 radical (unpaired) electrons. The highest BCUT2D eigenvalue weighted by Crippen LogP contribution is 2.30. The average molecular weight is 198 g/mol. The van der Waals surface area contributed by atoms with E-state index in [2.05, 4.69) is 58.1 Å². The van der Waals surface area contributed by atoms with E-state index < -0.39 is 0 Å². The summed E-state index contributed by atoms with van der Waals surface area (Å²) in [6.45, 7) is 8.73. The first kappa shape index (κ1) is 10.2. The molecule has 0 aliphatic heterocycles. The first-order valence-corrected chi connectivity index (χ1v) is 5.52. The first-order valence-electron chi connectivity index (χ1n) is 5.52. The lowest BCUT2D eigenvalue weighted by Crippen LogP contribution is -1.96. The third-order valence-electron chi connectivity index (χ3n) is 3.25. The highest BCUT2D eigenvalue weighted by atomic mass is 14.2. The Morgan fingerprint density at radius 1 is 0.867 bits per heavy atom. The van der Waals surface area contributed by atoms with E-state index in [1.165, 1.54) is 27.8 Å². The molecule has 2 rings (SSSR count). The van der Waals surface area contributed by atoms with Crippen molar-refractivity contribution in [3.63, 3.8) is 0 Å². The molecule has 0 amide bonds. The monoisotopic (exact) mass is 198 g/mol. The van der Waals surface area contributed by atoms with Crippen LogP contribution in [0.1, 0.15) is 35.1 Å². The Labute approximate surface area is 92.3 Å². The SMILES string of the molecule is CC1=CC(c2cc(C)c(C)cc2C)C=C1. The van der Waals surface area contributed by atoms with Crippen LogP contribution in [0.25, 0.3) is 0 Å². The molecule has 0 saturated heterocycles. The zero-order valence-electron chi connectivity index (χ0n) is 9.96. The molecule has 0 heteroatoms. The van der Waals surface area contributed by atoms with Crippen LogP contribution in [0.15, 0.2) is 35.9 Å². The highest BCUT2D eigenvalue weighted by Gasteiger charge is 2.12. The predicted octanol–water partition coefficient (Wildman–Crippen LogP) is 4.21. The second kappa shape index (κ2) is 3.69. The minimum atomic E-state index is 0.490. The molecule has 0 heterocycles. The van der Waals surface area contributed by atoms with Gasteiger partial charge in [-0.25, -0.2) is 0 Å². The fourth-order valence-electron chi connectivity index (χ4n) is 2.19. The summed E-state index contributed by atoms with van der Waals surface area (Å²) in [6.07, 6.45) is 6.82. The van der Waals surface area contributed by atoms with Crippen LogP contribution in [0, 0.1) is 20.8 Å². The first-order chi connectivity index (χ1) is 7.08. The van der Waals surface area contributed by atoms with Crippen LogP contribution in [-0.4, -0.2) is 0 Å². The van der Waals surface area contributed by atoms with E-state index in [0.29, 0.717) is 5.92 Å². The van der Waals surface area contributed by atoms with Crippen molar-refractivity contribution in [2.75, 3.05) is 0 Å². The standard InChI is InChI=1S/C15H18/c1-10-5-6-14(7-10)15-9-12(3)11(2)8-13(15)4/h5-9,14H,1-4H3. The number of hydrogen-bond donors (Lipinski definition) is 0. The molecule has 15 heavy (non-hydrogen) atoms. The van der Waals surface area contributed by atoms with Gasteiger partial charge in [0.1, 0.15) is 0 Å². The lowest BCUT2D eigenvalue weighted by molar-refractivity contribution is 1.06. The molecule has 1 aromatic rings. The fourth-order valence-corrected chi connectivity index (χ4v) is 2.19. The van der Waals surface area contributed by atoms with Crippen molar-refractivity contribution < 1.29 is 0 Å². The van der Waals surface area contributed by atoms with Crippen molar-refractivity contribution in [1.29, 1.82) is 0 Å². The predicted molar refractivity (Wildman–Crippen MR) is 66.3 cm³/mol. The maximum atomic E-state index is 2.33. The van der Waals surface area contributed by atoms with Crippen molar-refractivity contribution in [1.82, 2.24) is 0 Å². The van der Waals surface area contributed by atoms with E-state index in [0.717, 1.165) is 0 Å². The van der Waals surface area contributed by atoms with Crippen LogP contribution in [0.2, 0.25) is 0 Å². The van der Waals surface area contributed by atoms with Crippen molar-refractivity contribution in [3.8, 4) is 0 Å². The zero-order chi connectivity index (χ0) is 11.0. The van der Waals surface area contributed by atoms with Crippen molar-refractivity contribution in [2.24, 2.45) is 0 Å². The second-order valence-electron chi connectivity index (χ2n) is 4.59. The third-order valence-corrected chi connectivity index (χ3v) is 3.25. The Balaban J connectivity index is 2.46. The number of hydrogen-bond acceptors (Lipinski definition) is 0. The summed E-state index contributed by atoms with van der Waals surface area (Å²) in [5, 5.41) is 0. The van der Waals surface area contributed by atoms with Crippen molar-refractivity contribution in [3.05, 3.63) is 58.2 Å². The fraction of sp³-hybridized carbons (Fsp3) is 0.333. The second-order valence-corrected chi connectivity index (χ2v) is 4.59. The molecular formula is C15H18. The summed E-state index contributed by atoms with van der Waals surface area (Å²) in [6, 6.07) is 4.62. The molecule has 0 aromatic heterocycles. The lowest BCUT2D eigenvalue weighted by Gasteiger charge is -2.13. The maximum absolute atomic E-state index is 2.33. The van der Waals surface area contributed by atoms with Crippen LogP contribution in [0.4, 0.5) is 0 Å². The van der Waals surface area contributed by atoms with Crippen LogP contribution >= 0.6 is 0 Å². The van der Waals surface area contributed by atoms with Gasteiger partial charge in [-0.1, -0.05) is 35.9 Å². The number of benzene rings is 1. The van der Waals surface area contributed by atoms with E-state index in [1.54, 1.807) is 0 Å². The van der Waals surface area contributed by atoms with Gasteiger partial charge in [-0.3, -0.25) is 0 Å². The maximum Gasteiger partial charge on any atom is 0.0210 e. The Morgan fingerprint density at radius 2 is 1.53 bits per heavy atom. The molecule has 0 N–H and O–H groups in total. The van der Waals surface area contributed by atoms with Gasteiger partial charge in [0, 0.05) is 5.92 Å². The van der Waals surface area contributed by atoms with E-state index >= 15 is 0 Å². The van der Waals surface area contributed by atoms with Gasteiger partial charge in [-0.2, -0.15) is 0 Å². The highest BCUT2D eigenvalue weighted by molar-refractivity contribution is 5.45. The van der Waals surface area contributed by atoms with Gasteiger partial charge < -0.3 is 0 Å². The smallest absolute Gasteiger partial charge is 0.0210 e. The molecule has 0 fully saturated rings.